The SMILES string of the molecule is Cc1nc(SCC(=O)Nc2ccc(Cl)cc2Cl)oc1C. The van der Waals surface area contributed by atoms with Crippen LogP contribution in [0.4, 0.5) is 5.69 Å². The van der Waals surface area contributed by atoms with Crippen LogP contribution in [0.3, 0.4) is 0 Å². The van der Waals surface area contributed by atoms with Gasteiger partial charge in [-0.3, -0.25) is 4.79 Å². The molecule has 106 valence electrons. The fourth-order valence-electron chi connectivity index (χ4n) is 1.41. The molecule has 1 aromatic carbocycles. The number of carbonyl (C=O) groups excluding carboxylic acids is 1. The van der Waals surface area contributed by atoms with Crippen molar-refractivity contribution in [3.63, 3.8) is 0 Å². The van der Waals surface area contributed by atoms with Crippen molar-refractivity contribution >= 4 is 46.6 Å². The van der Waals surface area contributed by atoms with Gasteiger partial charge in [-0.25, -0.2) is 4.98 Å². The van der Waals surface area contributed by atoms with Crippen LogP contribution in [0.5, 0.6) is 0 Å². The number of thioether (sulfide) groups is 1. The van der Waals surface area contributed by atoms with Crippen LogP contribution in [0, 0.1) is 13.8 Å². The van der Waals surface area contributed by atoms with Crippen molar-refractivity contribution in [3.8, 4) is 0 Å². The maximum absolute atomic E-state index is 11.8. The molecule has 0 saturated carbocycles. The Kier molecular flexibility index (Phi) is 4.96. The van der Waals surface area contributed by atoms with Crippen molar-refractivity contribution in [1.29, 1.82) is 0 Å². The van der Waals surface area contributed by atoms with Gasteiger partial charge in [0.1, 0.15) is 5.76 Å². The fourth-order valence-corrected chi connectivity index (χ4v) is 2.58. The molecule has 0 aliphatic rings. The van der Waals surface area contributed by atoms with E-state index in [1.165, 1.54) is 11.8 Å². The molecular weight excluding hydrogens is 319 g/mol. The molecule has 4 nitrogen and oxygen atoms in total. The predicted octanol–water partition coefficient (Wildman–Crippen LogP) is 4.33. The smallest absolute Gasteiger partial charge is 0.256 e. The summed E-state index contributed by atoms with van der Waals surface area (Å²) in [7, 11) is 0. The third kappa shape index (κ3) is 3.91. The summed E-state index contributed by atoms with van der Waals surface area (Å²) >= 11 is 13.0. The molecule has 0 fully saturated rings. The van der Waals surface area contributed by atoms with E-state index in [9.17, 15) is 4.79 Å². The van der Waals surface area contributed by atoms with E-state index < -0.39 is 0 Å². The Bertz CT molecular complexity index is 624. The molecule has 0 bridgehead atoms. The van der Waals surface area contributed by atoms with Crippen LogP contribution in [-0.4, -0.2) is 16.6 Å². The van der Waals surface area contributed by atoms with Crippen LogP contribution in [0.25, 0.3) is 0 Å². The van der Waals surface area contributed by atoms with Gasteiger partial charge in [-0.2, -0.15) is 0 Å². The van der Waals surface area contributed by atoms with Crippen LogP contribution in [-0.2, 0) is 4.79 Å². The van der Waals surface area contributed by atoms with Crippen molar-refractivity contribution in [2.45, 2.75) is 19.1 Å². The molecule has 1 N–H and O–H groups in total. The first kappa shape index (κ1) is 15.2. The lowest BCUT2D eigenvalue weighted by Crippen LogP contribution is -2.14. The van der Waals surface area contributed by atoms with Crippen molar-refractivity contribution < 1.29 is 9.21 Å². The normalized spacial score (nSPS) is 10.6. The standard InChI is InChI=1S/C13H12Cl2N2O2S/c1-7-8(2)19-13(16-7)20-6-12(18)17-11-4-3-9(14)5-10(11)15/h3-5H,6H2,1-2H3,(H,17,18). The van der Waals surface area contributed by atoms with E-state index in [1.54, 1.807) is 18.2 Å². The number of carbonyl (C=O) groups is 1. The second-order valence-electron chi connectivity index (χ2n) is 4.08. The maximum Gasteiger partial charge on any atom is 0.256 e. The predicted molar refractivity (Wildman–Crippen MR) is 81.8 cm³/mol. The lowest BCUT2D eigenvalue weighted by molar-refractivity contribution is -0.113. The molecule has 0 atom stereocenters. The number of nitrogens with one attached hydrogen (secondary N) is 1. The average Bonchev–Trinajstić information content (AvgIpc) is 2.70. The summed E-state index contributed by atoms with van der Waals surface area (Å²) < 4.78 is 5.38. The minimum Gasteiger partial charge on any atom is -0.437 e. The summed E-state index contributed by atoms with van der Waals surface area (Å²) in [6.07, 6.45) is 0. The van der Waals surface area contributed by atoms with E-state index in [2.05, 4.69) is 10.3 Å². The number of halogens is 2. The van der Waals surface area contributed by atoms with E-state index in [0.29, 0.717) is 21.0 Å². The van der Waals surface area contributed by atoms with Crippen molar-refractivity contribution in [2.75, 3.05) is 11.1 Å². The van der Waals surface area contributed by atoms with Gasteiger partial charge in [-0.05, 0) is 32.0 Å². The summed E-state index contributed by atoms with van der Waals surface area (Å²) in [5, 5.41) is 4.12. The Morgan fingerprint density at radius 2 is 2.15 bits per heavy atom. The maximum atomic E-state index is 11.8. The highest BCUT2D eigenvalue weighted by atomic mass is 35.5. The van der Waals surface area contributed by atoms with Crippen molar-refractivity contribution in [1.82, 2.24) is 4.98 Å². The molecule has 1 amide bonds. The van der Waals surface area contributed by atoms with Crippen molar-refractivity contribution in [3.05, 3.63) is 39.7 Å². The quantitative estimate of drug-likeness (QED) is 0.847. The van der Waals surface area contributed by atoms with Crippen LogP contribution < -0.4 is 5.32 Å². The van der Waals surface area contributed by atoms with E-state index in [0.717, 1.165) is 11.5 Å². The Hall–Kier alpha value is -1.17. The highest BCUT2D eigenvalue weighted by molar-refractivity contribution is 7.99. The van der Waals surface area contributed by atoms with Crippen LogP contribution in [0.2, 0.25) is 10.0 Å². The molecule has 0 unspecified atom stereocenters. The number of amides is 1. The summed E-state index contributed by atoms with van der Waals surface area (Å²) in [5.41, 5.74) is 1.36. The molecular formula is C13H12Cl2N2O2S. The Balaban J connectivity index is 1.92. The number of aryl methyl sites for hydroxylation is 2. The van der Waals surface area contributed by atoms with Crippen LogP contribution >= 0.6 is 35.0 Å². The molecule has 0 spiro atoms. The molecule has 0 aliphatic carbocycles. The number of aromatic nitrogens is 1. The number of benzene rings is 1. The number of hydrogen-bond donors (Lipinski definition) is 1. The highest BCUT2D eigenvalue weighted by Crippen LogP contribution is 2.26. The largest absolute Gasteiger partial charge is 0.437 e. The number of rotatable bonds is 4. The lowest BCUT2D eigenvalue weighted by Gasteiger charge is -2.06. The average molecular weight is 331 g/mol. The minimum atomic E-state index is -0.187. The zero-order valence-electron chi connectivity index (χ0n) is 10.9. The van der Waals surface area contributed by atoms with Crippen LogP contribution in [0.1, 0.15) is 11.5 Å². The Labute approximate surface area is 130 Å². The fraction of sp³-hybridized carbons (Fsp3) is 0.231. The first-order chi connectivity index (χ1) is 9.45. The van der Waals surface area contributed by atoms with Crippen LogP contribution in [0.15, 0.2) is 27.8 Å². The Morgan fingerprint density at radius 1 is 1.40 bits per heavy atom. The molecule has 2 rings (SSSR count). The van der Waals surface area contributed by atoms with Gasteiger partial charge < -0.3 is 9.73 Å². The summed E-state index contributed by atoms with van der Waals surface area (Å²) in [6, 6.07) is 4.90. The van der Waals surface area contributed by atoms with Gasteiger partial charge in [0.25, 0.3) is 5.22 Å². The van der Waals surface area contributed by atoms with E-state index in [1.807, 2.05) is 13.8 Å². The zero-order valence-corrected chi connectivity index (χ0v) is 13.2. The molecule has 20 heavy (non-hydrogen) atoms. The van der Waals surface area contributed by atoms with E-state index >= 15 is 0 Å². The molecule has 0 aliphatic heterocycles. The van der Waals surface area contributed by atoms with Gasteiger partial charge in [-0.15, -0.1) is 0 Å². The van der Waals surface area contributed by atoms with Gasteiger partial charge in [-0.1, -0.05) is 35.0 Å². The summed E-state index contributed by atoms with van der Waals surface area (Å²) in [5.74, 6) is 0.764. The minimum absolute atomic E-state index is 0.187. The first-order valence-electron chi connectivity index (χ1n) is 5.77. The molecule has 1 aromatic heterocycles. The van der Waals surface area contributed by atoms with Gasteiger partial charge >= 0.3 is 0 Å². The van der Waals surface area contributed by atoms with Gasteiger partial charge in [0, 0.05) is 5.02 Å². The second-order valence-corrected chi connectivity index (χ2v) is 5.85. The number of anilines is 1. The molecule has 0 saturated heterocycles. The van der Waals surface area contributed by atoms with E-state index in [-0.39, 0.29) is 11.7 Å². The van der Waals surface area contributed by atoms with Gasteiger partial charge in [0.2, 0.25) is 5.91 Å². The first-order valence-corrected chi connectivity index (χ1v) is 7.51. The third-order valence-electron chi connectivity index (χ3n) is 2.54. The summed E-state index contributed by atoms with van der Waals surface area (Å²) in [4.78, 5) is 16.0. The zero-order chi connectivity index (χ0) is 14.7. The molecule has 2 aromatic rings. The van der Waals surface area contributed by atoms with E-state index in [4.69, 9.17) is 27.6 Å². The topological polar surface area (TPSA) is 55.1 Å². The number of hydrogen-bond acceptors (Lipinski definition) is 4. The van der Waals surface area contributed by atoms with Gasteiger partial charge in [0.05, 0.1) is 22.2 Å². The number of nitrogens with zero attached hydrogens (tertiary/aromatic N) is 1. The molecule has 7 heteroatoms. The van der Waals surface area contributed by atoms with Gasteiger partial charge in [0.15, 0.2) is 0 Å². The number of oxazole rings is 1. The highest BCUT2D eigenvalue weighted by Gasteiger charge is 2.11. The molecule has 1 heterocycles. The summed E-state index contributed by atoms with van der Waals surface area (Å²) in [6.45, 7) is 3.69. The lowest BCUT2D eigenvalue weighted by atomic mass is 10.3. The Morgan fingerprint density at radius 3 is 2.75 bits per heavy atom. The third-order valence-corrected chi connectivity index (χ3v) is 3.92. The van der Waals surface area contributed by atoms with Crippen molar-refractivity contribution in [2.24, 2.45) is 0 Å². The second kappa shape index (κ2) is 6.52. The molecule has 0 radical (unpaired) electrons. The monoisotopic (exact) mass is 330 g/mol.